The Morgan fingerprint density at radius 2 is 1.90 bits per heavy atom. The third-order valence-corrected chi connectivity index (χ3v) is 4.68. The van der Waals surface area contributed by atoms with Crippen molar-refractivity contribution in [1.82, 2.24) is 10.4 Å². The van der Waals surface area contributed by atoms with E-state index < -0.39 is 0 Å². The summed E-state index contributed by atoms with van der Waals surface area (Å²) in [6, 6.07) is 14.1. The van der Waals surface area contributed by atoms with Gasteiger partial charge in [0.05, 0.1) is 6.04 Å². The number of halogens is 2. The first-order valence-electron chi connectivity index (χ1n) is 6.44. The van der Waals surface area contributed by atoms with Crippen LogP contribution in [0.15, 0.2) is 63.8 Å². The fraction of sp³-hybridized carbons (Fsp3) is 0.0625. The molecule has 5 heteroatoms. The van der Waals surface area contributed by atoms with E-state index in [0.29, 0.717) is 0 Å². The number of nitrogens with two attached hydrogens (primary N) is 1. The topological polar surface area (TPSA) is 50.9 Å². The molecule has 0 aliphatic carbocycles. The van der Waals surface area contributed by atoms with Crippen molar-refractivity contribution in [3.8, 4) is 0 Å². The van der Waals surface area contributed by atoms with E-state index in [2.05, 4.69) is 60.5 Å². The Balaban J connectivity index is 2.21. The standard InChI is InChI=1S/C16H13Br2N3/c17-11-4-5-15(18)14(8-11)16(21-19)13-3-1-2-10-9-20-7-6-12(10)13/h1-9,16,21H,19H2. The van der Waals surface area contributed by atoms with Crippen LogP contribution in [0.25, 0.3) is 10.8 Å². The Labute approximate surface area is 139 Å². The number of pyridine rings is 1. The van der Waals surface area contributed by atoms with Gasteiger partial charge in [0.1, 0.15) is 0 Å². The highest BCUT2D eigenvalue weighted by Crippen LogP contribution is 2.33. The lowest BCUT2D eigenvalue weighted by Crippen LogP contribution is -2.29. The summed E-state index contributed by atoms with van der Waals surface area (Å²) in [4.78, 5) is 4.18. The second kappa shape index (κ2) is 6.23. The molecule has 3 rings (SSSR count). The molecule has 3 aromatic rings. The minimum absolute atomic E-state index is 0.108. The molecule has 1 unspecified atom stereocenters. The summed E-state index contributed by atoms with van der Waals surface area (Å²) in [5.74, 6) is 5.85. The van der Waals surface area contributed by atoms with Gasteiger partial charge < -0.3 is 0 Å². The van der Waals surface area contributed by atoms with Crippen LogP contribution in [0, 0.1) is 0 Å². The van der Waals surface area contributed by atoms with Gasteiger partial charge in [-0.15, -0.1) is 0 Å². The van der Waals surface area contributed by atoms with Gasteiger partial charge in [0.25, 0.3) is 0 Å². The SMILES string of the molecule is NNC(c1cc(Br)ccc1Br)c1cccc2cnccc12. The average Bonchev–Trinajstić information content (AvgIpc) is 2.51. The molecule has 0 fully saturated rings. The summed E-state index contributed by atoms with van der Waals surface area (Å²) in [6.45, 7) is 0. The Hall–Kier alpha value is -1.27. The molecule has 1 heterocycles. The number of rotatable bonds is 3. The van der Waals surface area contributed by atoms with E-state index in [1.807, 2.05) is 30.5 Å². The highest BCUT2D eigenvalue weighted by molar-refractivity contribution is 9.11. The molecule has 2 aromatic carbocycles. The molecular formula is C16H13Br2N3. The predicted octanol–water partition coefficient (Wildman–Crippen LogP) is 4.31. The van der Waals surface area contributed by atoms with Crippen molar-refractivity contribution in [2.45, 2.75) is 6.04 Å². The molecule has 0 saturated carbocycles. The van der Waals surface area contributed by atoms with Gasteiger partial charge in [0, 0.05) is 26.7 Å². The van der Waals surface area contributed by atoms with Crippen molar-refractivity contribution in [2.75, 3.05) is 0 Å². The monoisotopic (exact) mass is 405 g/mol. The summed E-state index contributed by atoms with van der Waals surface area (Å²) in [5.41, 5.74) is 5.12. The van der Waals surface area contributed by atoms with Crippen LogP contribution < -0.4 is 11.3 Å². The predicted molar refractivity (Wildman–Crippen MR) is 92.8 cm³/mol. The number of hydrazine groups is 1. The second-order valence-electron chi connectivity index (χ2n) is 4.71. The normalized spacial score (nSPS) is 12.5. The lowest BCUT2D eigenvalue weighted by Gasteiger charge is -2.20. The van der Waals surface area contributed by atoms with Crippen LogP contribution in [0.1, 0.15) is 17.2 Å². The Morgan fingerprint density at radius 1 is 1.05 bits per heavy atom. The Kier molecular flexibility index (Phi) is 4.35. The number of fused-ring (bicyclic) bond motifs is 1. The first-order valence-corrected chi connectivity index (χ1v) is 8.03. The molecular weight excluding hydrogens is 394 g/mol. The number of aromatic nitrogens is 1. The van der Waals surface area contributed by atoms with E-state index in [-0.39, 0.29) is 6.04 Å². The zero-order valence-corrected chi connectivity index (χ0v) is 14.2. The van der Waals surface area contributed by atoms with E-state index in [1.165, 1.54) is 0 Å². The summed E-state index contributed by atoms with van der Waals surface area (Å²) < 4.78 is 2.03. The summed E-state index contributed by atoms with van der Waals surface area (Å²) in [7, 11) is 0. The second-order valence-corrected chi connectivity index (χ2v) is 6.48. The summed E-state index contributed by atoms with van der Waals surface area (Å²) >= 11 is 7.12. The molecule has 0 radical (unpaired) electrons. The van der Waals surface area contributed by atoms with Crippen molar-refractivity contribution in [3.63, 3.8) is 0 Å². The van der Waals surface area contributed by atoms with Gasteiger partial charge in [-0.05, 0) is 40.8 Å². The van der Waals surface area contributed by atoms with Gasteiger partial charge in [-0.3, -0.25) is 10.8 Å². The third kappa shape index (κ3) is 2.87. The lowest BCUT2D eigenvalue weighted by molar-refractivity contribution is 0.638. The van der Waals surface area contributed by atoms with E-state index in [0.717, 1.165) is 30.8 Å². The number of benzene rings is 2. The molecule has 0 saturated heterocycles. The number of hydrogen-bond donors (Lipinski definition) is 2. The zero-order chi connectivity index (χ0) is 14.8. The van der Waals surface area contributed by atoms with Gasteiger partial charge in [-0.2, -0.15) is 0 Å². The maximum absolute atomic E-state index is 5.85. The van der Waals surface area contributed by atoms with Crippen LogP contribution in [0.2, 0.25) is 0 Å². The molecule has 0 bridgehead atoms. The molecule has 0 amide bonds. The van der Waals surface area contributed by atoms with Crippen LogP contribution >= 0.6 is 31.9 Å². The quantitative estimate of drug-likeness (QED) is 0.503. The minimum atomic E-state index is -0.108. The van der Waals surface area contributed by atoms with Crippen LogP contribution in [-0.4, -0.2) is 4.98 Å². The Bertz CT molecular complexity index is 784. The van der Waals surface area contributed by atoms with Gasteiger partial charge in [0.15, 0.2) is 0 Å². The molecule has 0 aliphatic heterocycles. The van der Waals surface area contributed by atoms with Gasteiger partial charge >= 0.3 is 0 Å². The number of hydrogen-bond acceptors (Lipinski definition) is 3. The van der Waals surface area contributed by atoms with Crippen molar-refractivity contribution in [1.29, 1.82) is 0 Å². The van der Waals surface area contributed by atoms with E-state index >= 15 is 0 Å². The average molecular weight is 407 g/mol. The van der Waals surface area contributed by atoms with Crippen LogP contribution in [0.3, 0.4) is 0 Å². The molecule has 0 spiro atoms. The third-order valence-electron chi connectivity index (χ3n) is 3.46. The first kappa shape index (κ1) is 14.7. The van der Waals surface area contributed by atoms with Gasteiger partial charge in [-0.25, -0.2) is 5.43 Å². The first-order chi connectivity index (χ1) is 10.2. The van der Waals surface area contributed by atoms with E-state index in [1.54, 1.807) is 6.20 Å². The molecule has 21 heavy (non-hydrogen) atoms. The summed E-state index contributed by atoms with van der Waals surface area (Å²) in [6.07, 6.45) is 3.66. The van der Waals surface area contributed by atoms with Gasteiger partial charge in [0.2, 0.25) is 0 Å². The van der Waals surface area contributed by atoms with Crippen molar-refractivity contribution in [2.24, 2.45) is 5.84 Å². The molecule has 0 aliphatic rings. The number of nitrogens with one attached hydrogen (secondary N) is 1. The van der Waals surface area contributed by atoms with Crippen LogP contribution in [0.4, 0.5) is 0 Å². The fourth-order valence-corrected chi connectivity index (χ4v) is 3.34. The number of nitrogens with zero attached hydrogens (tertiary/aromatic N) is 1. The van der Waals surface area contributed by atoms with E-state index in [4.69, 9.17) is 5.84 Å². The minimum Gasteiger partial charge on any atom is -0.271 e. The van der Waals surface area contributed by atoms with Crippen molar-refractivity contribution < 1.29 is 0 Å². The van der Waals surface area contributed by atoms with Crippen LogP contribution in [-0.2, 0) is 0 Å². The van der Waals surface area contributed by atoms with Crippen LogP contribution in [0.5, 0.6) is 0 Å². The van der Waals surface area contributed by atoms with Crippen molar-refractivity contribution >= 4 is 42.6 Å². The Morgan fingerprint density at radius 3 is 2.71 bits per heavy atom. The molecule has 3 nitrogen and oxygen atoms in total. The molecule has 106 valence electrons. The largest absolute Gasteiger partial charge is 0.271 e. The molecule has 1 atom stereocenters. The van der Waals surface area contributed by atoms with Crippen molar-refractivity contribution in [3.05, 3.63) is 74.9 Å². The lowest BCUT2D eigenvalue weighted by atomic mass is 9.95. The maximum Gasteiger partial charge on any atom is 0.0727 e. The van der Waals surface area contributed by atoms with Gasteiger partial charge in [-0.1, -0.05) is 50.1 Å². The highest BCUT2D eigenvalue weighted by Gasteiger charge is 2.18. The highest BCUT2D eigenvalue weighted by atomic mass is 79.9. The fourth-order valence-electron chi connectivity index (χ4n) is 2.48. The molecule has 1 aromatic heterocycles. The zero-order valence-electron chi connectivity index (χ0n) is 11.1. The summed E-state index contributed by atoms with van der Waals surface area (Å²) in [5, 5.41) is 2.24. The maximum atomic E-state index is 5.85. The van der Waals surface area contributed by atoms with E-state index in [9.17, 15) is 0 Å². The smallest absolute Gasteiger partial charge is 0.0727 e. The molecule has 3 N–H and O–H groups in total.